The van der Waals surface area contributed by atoms with Crippen LogP contribution in [-0.4, -0.2) is 27.9 Å². The first-order valence-corrected chi connectivity index (χ1v) is 13.5. The molecule has 4 aromatic rings. The highest BCUT2D eigenvalue weighted by atomic mass is 19.4. The summed E-state index contributed by atoms with van der Waals surface area (Å²) in [5.41, 5.74) is 3.65. The zero-order valence-electron chi connectivity index (χ0n) is 21.7. The van der Waals surface area contributed by atoms with Crippen molar-refractivity contribution in [1.29, 1.82) is 0 Å². The van der Waals surface area contributed by atoms with E-state index in [-0.39, 0.29) is 23.9 Å². The van der Waals surface area contributed by atoms with E-state index in [1.54, 1.807) is 12.1 Å². The summed E-state index contributed by atoms with van der Waals surface area (Å²) in [6, 6.07) is 13.7. The minimum Gasteiger partial charge on any atom is -0.858 e. The Bertz CT molecular complexity index is 1590. The number of hydrogen-bond acceptors (Lipinski definition) is 4. The standard InChI is InChI=1S/C31H31F3N4O/c1-18-8-11-26-24(14-18)28(17-29(37-26)31(32,33)34)36-21-5-2-4-20(16-21)27(15-19-9-10-19)38-30(39)23-6-3-7-25-22(23)12-13-35-25/h3,6-9,11-14,17,20-21,27,35H,2,4-5,10,15-16H2,1H3,(H,36,37)(H,38,39)/p-1/t20?,21-,27?/m0/s1. The van der Waals surface area contributed by atoms with E-state index in [2.05, 4.69) is 21.4 Å². The molecule has 202 valence electrons. The second-order valence-corrected chi connectivity index (χ2v) is 10.9. The Morgan fingerprint density at radius 3 is 2.79 bits per heavy atom. The molecule has 0 saturated heterocycles. The van der Waals surface area contributed by atoms with E-state index in [0.29, 0.717) is 22.2 Å². The van der Waals surface area contributed by atoms with Crippen LogP contribution in [0.5, 0.6) is 0 Å². The molecule has 3 atom stereocenters. The molecule has 1 saturated carbocycles. The summed E-state index contributed by atoms with van der Waals surface area (Å²) in [4.78, 5) is 11.8. The van der Waals surface area contributed by atoms with Crippen LogP contribution in [0, 0.1) is 12.8 Å². The van der Waals surface area contributed by atoms with Crippen LogP contribution >= 0.6 is 0 Å². The largest absolute Gasteiger partial charge is 0.858 e. The molecule has 0 spiro atoms. The molecule has 8 heteroatoms. The fourth-order valence-electron chi connectivity index (χ4n) is 5.85. The number of aromatic nitrogens is 2. The number of nitrogens with zero attached hydrogens (tertiary/aromatic N) is 2. The third-order valence-electron chi connectivity index (χ3n) is 7.95. The number of halogens is 3. The average Bonchev–Trinajstić information content (AvgIpc) is 3.59. The van der Waals surface area contributed by atoms with Gasteiger partial charge in [0.25, 0.3) is 0 Å². The van der Waals surface area contributed by atoms with Gasteiger partial charge in [-0.3, -0.25) is 4.99 Å². The van der Waals surface area contributed by atoms with Gasteiger partial charge in [-0.1, -0.05) is 41.8 Å². The van der Waals surface area contributed by atoms with Gasteiger partial charge in [0.2, 0.25) is 0 Å². The first kappa shape index (κ1) is 25.5. The normalized spacial score (nSPS) is 20.7. The first-order valence-electron chi connectivity index (χ1n) is 13.5. The molecule has 2 aromatic heterocycles. The van der Waals surface area contributed by atoms with Crippen LogP contribution < -0.4 is 10.4 Å². The van der Waals surface area contributed by atoms with Gasteiger partial charge >= 0.3 is 6.18 Å². The molecule has 6 rings (SSSR count). The van der Waals surface area contributed by atoms with Crippen molar-refractivity contribution in [3.8, 4) is 0 Å². The minimum absolute atomic E-state index is 0.0231. The van der Waals surface area contributed by atoms with Gasteiger partial charge in [-0.25, -0.2) is 4.98 Å². The molecule has 0 amide bonds. The van der Waals surface area contributed by atoms with Crippen molar-refractivity contribution in [2.24, 2.45) is 10.9 Å². The van der Waals surface area contributed by atoms with E-state index >= 15 is 0 Å². The van der Waals surface area contributed by atoms with Gasteiger partial charge in [-0.05, 0) is 86.7 Å². The van der Waals surface area contributed by atoms with Crippen molar-refractivity contribution in [1.82, 2.24) is 9.97 Å². The Balaban J connectivity index is 1.28. The highest BCUT2D eigenvalue weighted by Crippen LogP contribution is 2.38. The number of aryl methyl sites for hydroxylation is 1. The number of alkyl halides is 3. The van der Waals surface area contributed by atoms with Crippen LogP contribution in [0.3, 0.4) is 0 Å². The Labute approximate surface area is 224 Å². The molecule has 1 fully saturated rings. The van der Waals surface area contributed by atoms with E-state index < -0.39 is 11.9 Å². The summed E-state index contributed by atoms with van der Waals surface area (Å²) in [7, 11) is 0. The zero-order valence-corrected chi connectivity index (χ0v) is 21.7. The first-order chi connectivity index (χ1) is 18.7. The van der Waals surface area contributed by atoms with Crippen molar-refractivity contribution in [2.45, 2.75) is 63.7 Å². The van der Waals surface area contributed by atoms with Gasteiger partial charge in [0, 0.05) is 34.2 Å². The highest BCUT2D eigenvalue weighted by molar-refractivity contribution is 6.04. The molecule has 2 aromatic carbocycles. The predicted molar refractivity (Wildman–Crippen MR) is 147 cm³/mol. The van der Waals surface area contributed by atoms with Gasteiger partial charge in [0.1, 0.15) is 5.69 Å². The smallest absolute Gasteiger partial charge is 0.433 e. The topological polar surface area (TPSA) is 76.1 Å². The number of aliphatic imine (C=N–C) groups is 1. The Morgan fingerprint density at radius 1 is 1.15 bits per heavy atom. The summed E-state index contributed by atoms with van der Waals surface area (Å²) >= 11 is 0. The van der Waals surface area contributed by atoms with Crippen molar-refractivity contribution >= 4 is 33.4 Å². The fourth-order valence-corrected chi connectivity index (χ4v) is 5.85. The molecule has 2 aliphatic carbocycles. The molecule has 39 heavy (non-hydrogen) atoms. The molecule has 2 N–H and O–H groups in total. The summed E-state index contributed by atoms with van der Waals surface area (Å²) < 4.78 is 40.9. The zero-order chi connectivity index (χ0) is 27.1. The summed E-state index contributed by atoms with van der Waals surface area (Å²) in [5.74, 6) is -0.0593. The van der Waals surface area contributed by atoms with Gasteiger partial charge in [0.05, 0.1) is 11.6 Å². The lowest BCUT2D eigenvalue weighted by Gasteiger charge is -2.35. The Morgan fingerprint density at radius 2 is 2.00 bits per heavy atom. The number of aromatic amines is 1. The van der Waals surface area contributed by atoms with Crippen LogP contribution in [0.1, 0.15) is 55.3 Å². The predicted octanol–water partition coefficient (Wildman–Crippen LogP) is 6.91. The molecule has 5 nitrogen and oxygen atoms in total. The van der Waals surface area contributed by atoms with Gasteiger partial charge in [-0.15, -0.1) is 0 Å². The number of anilines is 1. The van der Waals surface area contributed by atoms with Crippen molar-refractivity contribution < 1.29 is 18.3 Å². The average molecular weight is 532 g/mol. The number of pyridine rings is 1. The Hall–Kier alpha value is -3.81. The van der Waals surface area contributed by atoms with Gasteiger partial charge in [-0.2, -0.15) is 13.2 Å². The van der Waals surface area contributed by atoms with Crippen molar-refractivity contribution in [2.75, 3.05) is 5.32 Å². The van der Waals surface area contributed by atoms with Crippen molar-refractivity contribution in [3.63, 3.8) is 0 Å². The summed E-state index contributed by atoms with van der Waals surface area (Å²) in [5, 5.41) is 18.3. The lowest BCUT2D eigenvalue weighted by atomic mass is 9.79. The van der Waals surface area contributed by atoms with Gasteiger partial charge in [0.15, 0.2) is 0 Å². The number of benzene rings is 2. The van der Waals surface area contributed by atoms with Crippen LogP contribution in [0.25, 0.3) is 21.8 Å². The van der Waals surface area contributed by atoms with Gasteiger partial charge < -0.3 is 15.4 Å². The number of nitrogens with one attached hydrogen (secondary N) is 2. The SMILES string of the molecule is Cc1ccc2nc(C(F)(F)F)cc(N[C@H]3CCCC(C(CC4=CC4)N=C([O-])c4cccc5[nH]ccc45)C3)c2c1. The number of rotatable bonds is 7. The molecule has 2 aliphatic rings. The summed E-state index contributed by atoms with van der Waals surface area (Å²) in [6.45, 7) is 1.92. The Kier molecular flexibility index (Phi) is 6.57. The van der Waals surface area contributed by atoms with E-state index in [1.807, 2.05) is 43.5 Å². The third-order valence-corrected chi connectivity index (χ3v) is 7.95. The van der Waals surface area contributed by atoms with Crippen LogP contribution in [0.2, 0.25) is 0 Å². The molecule has 2 unspecified atom stereocenters. The highest BCUT2D eigenvalue weighted by Gasteiger charge is 2.34. The van der Waals surface area contributed by atoms with E-state index in [1.165, 1.54) is 5.57 Å². The maximum absolute atomic E-state index is 13.6. The van der Waals surface area contributed by atoms with Crippen LogP contribution in [-0.2, 0) is 6.18 Å². The fraction of sp³-hybridized carbons (Fsp3) is 0.355. The van der Waals surface area contributed by atoms with E-state index in [9.17, 15) is 18.3 Å². The number of allylic oxidation sites excluding steroid dienone is 1. The number of H-pyrrole nitrogens is 1. The number of fused-ring (bicyclic) bond motifs is 2. The quantitative estimate of drug-likeness (QED) is 0.155. The second kappa shape index (κ2) is 10.1. The minimum atomic E-state index is -4.53. The third kappa shape index (κ3) is 5.51. The monoisotopic (exact) mass is 531 g/mol. The molecule has 0 radical (unpaired) electrons. The molecular formula is C31H30F3N4O-. The van der Waals surface area contributed by atoms with E-state index in [4.69, 9.17) is 4.99 Å². The maximum Gasteiger partial charge on any atom is 0.433 e. The second-order valence-electron chi connectivity index (χ2n) is 10.9. The van der Waals surface area contributed by atoms with Crippen LogP contribution in [0.4, 0.5) is 18.9 Å². The maximum atomic E-state index is 13.6. The molecule has 0 aliphatic heterocycles. The summed E-state index contributed by atoms with van der Waals surface area (Å²) in [6.07, 6.45) is 4.61. The number of hydrogen-bond donors (Lipinski definition) is 2. The lowest BCUT2D eigenvalue weighted by molar-refractivity contribution is -0.213. The van der Waals surface area contributed by atoms with Crippen molar-refractivity contribution in [3.05, 3.63) is 83.2 Å². The molecule has 2 heterocycles. The molecule has 0 bridgehead atoms. The molecular weight excluding hydrogens is 501 g/mol. The van der Waals surface area contributed by atoms with Crippen LogP contribution in [0.15, 0.2) is 71.4 Å². The van der Waals surface area contributed by atoms with E-state index in [0.717, 1.165) is 61.1 Å². The lowest BCUT2D eigenvalue weighted by Crippen LogP contribution is -2.34.